The molecule has 0 aromatic rings. The Morgan fingerprint density at radius 1 is 1.10 bits per heavy atom. The molecule has 0 unspecified atom stereocenters. The molecule has 2 rings (SSSR count). The zero-order valence-corrected chi connectivity index (χ0v) is 13.8. The molecule has 21 heavy (non-hydrogen) atoms. The molecular formula is C16H32N4O. The van der Waals surface area contributed by atoms with Gasteiger partial charge in [-0.3, -0.25) is 9.69 Å². The van der Waals surface area contributed by atoms with Gasteiger partial charge in [-0.25, -0.2) is 0 Å². The number of carbonyl (C=O) groups is 1. The number of nitrogens with one attached hydrogen (secondary N) is 1. The number of hydrogen-bond acceptors (Lipinski definition) is 4. The second-order valence-corrected chi connectivity index (χ2v) is 6.61. The fourth-order valence-corrected chi connectivity index (χ4v) is 3.18. The van der Waals surface area contributed by atoms with Crippen molar-refractivity contribution < 1.29 is 4.79 Å². The van der Waals surface area contributed by atoms with Crippen LogP contribution in [-0.2, 0) is 4.79 Å². The zero-order chi connectivity index (χ0) is 15.1. The molecule has 2 aliphatic heterocycles. The molecule has 0 aliphatic carbocycles. The van der Waals surface area contributed by atoms with Crippen LogP contribution in [0.2, 0.25) is 0 Å². The number of hydrogen-bond donors (Lipinski definition) is 1. The van der Waals surface area contributed by atoms with Gasteiger partial charge in [0.15, 0.2) is 0 Å². The number of rotatable bonds is 6. The third kappa shape index (κ3) is 5.57. The van der Waals surface area contributed by atoms with Crippen molar-refractivity contribution in [3.8, 4) is 0 Å². The fourth-order valence-electron chi connectivity index (χ4n) is 3.18. The van der Waals surface area contributed by atoms with Crippen LogP contribution in [0.25, 0.3) is 0 Å². The minimum Gasteiger partial charge on any atom is -0.339 e. The Balaban J connectivity index is 1.62. The first-order valence-electron chi connectivity index (χ1n) is 8.58. The van der Waals surface area contributed by atoms with Crippen molar-refractivity contribution in [2.24, 2.45) is 5.92 Å². The van der Waals surface area contributed by atoms with E-state index in [1.165, 1.54) is 19.3 Å². The standard InChI is InChI=1S/C16H32N4O/c1-3-6-17-13-15-4-7-19(8-5-15)14-16(21)20-11-9-18(2)10-12-20/h15,17H,3-14H2,1-2H3. The molecule has 0 spiro atoms. The van der Waals surface area contributed by atoms with Gasteiger partial charge in [0.2, 0.25) is 5.91 Å². The van der Waals surface area contributed by atoms with Gasteiger partial charge in [-0.2, -0.15) is 0 Å². The summed E-state index contributed by atoms with van der Waals surface area (Å²) >= 11 is 0. The lowest BCUT2D eigenvalue weighted by atomic mass is 9.97. The molecule has 1 N–H and O–H groups in total. The monoisotopic (exact) mass is 296 g/mol. The van der Waals surface area contributed by atoms with E-state index in [-0.39, 0.29) is 0 Å². The molecule has 0 saturated carbocycles. The van der Waals surface area contributed by atoms with E-state index < -0.39 is 0 Å². The fraction of sp³-hybridized carbons (Fsp3) is 0.938. The molecule has 2 fully saturated rings. The number of piperidine rings is 1. The molecule has 0 bridgehead atoms. The summed E-state index contributed by atoms with van der Waals surface area (Å²) in [5, 5.41) is 3.52. The lowest BCUT2D eigenvalue weighted by molar-refractivity contribution is -0.134. The smallest absolute Gasteiger partial charge is 0.236 e. The van der Waals surface area contributed by atoms with E-state index in [2.05, 4.69) is 29.1 Å². The molecule has 1 amide bonds. The third-order valence-electron chi connectivity index (χ3n) is 4.78. The number of piperazine rings is 1. The summed E-state index contributed by atoms with van der Waals surface area (Å²) in [5.41, 5.74) is 0. The molecule has 0 aromatic heterocycles. The van der Waals surface area contributed by atoms with Crippen molar-refractivity contribution in [3.05, 3.63) is 0 Å². The molecular weight excluding hydrogens is 264 g/mol. The Morgan fingerprint density at radius 3 is 2.38 bits per heavy atom. The van der Waals surface area contributed by atoms with Crippen molar-refractivity contribution in [2.45, 2.75) is 26.2 Å². The Hall–Kier alpha value is -0.650. The molecule has 122 valence electrons. The predicted molar refractivity (Wildman–Crippen MR) is 86.4 cm³/mol. The van der Waals surface area contributed by atoms with Gasteiger partial charge in [0.25, 0.3) is 0 Å². The van der Waals surface area contributed by atoms with E-state index in [0.29, 0.717) is 12.5 Å². The summed E-state index contributed by atoms with van der Waals surface area (Å²) in [6, 6.07) is 0. The van der Waals surface area contributed by atoms with Crippen LogP contribution < -0.4 is 5.32 Å². The summed E-state index contributed by atoms with van der Waals surface area (Å²) < 4.78 is 0. The van der Waals surface area contributed by atoms with Gasteiger partial charge in [0.1, 0.15) is 0 Å². The van der Waals surface area contributed by atoms with E-state index in [1.807, 2.05) is 4.90 Å². The lowest BCUT2D eigenvalue weighted by Gasteiger charge is -2.36. The van der Waals surface area contributed by atoms with Crippen LogP contribution in [-0.4, -0.2) is 86.6 Å². The van der Waals surface area contributed by atoms with Gasteiger partial charge >= 0.3 is 0 Å². The van der Waals surface area contributed by atoms with Crippen LogP contribution >= 0.6 is 0 Å². The van der Waals surface area contributed by atoms with E-state index in [1.54, 1.807) is 0 Å². The maximum absolute atomic E-state index is 12.3. The number of nitrogens with zero attached hydrogens (tertiary/aromatic N) is 3. The van der Waals surface area contributed by atoms with Gasteiger partial charge in [0, 0.05) is 26.2 Å². The average Bonchev–Trinajstić information content (AvgIpc) is 2.50. The first kappa shape index (κ1) is 16.7. The first-order chi connectivity index (χ1) is 10.2. The number of amides is 1. The number of likely N-dealkylation sites (tertiary alicyclic amines) is 1. The summed E-state index contributed by atoms with van der Waals surface area (Å²) in [7, 11) is 2.12. The topological polar surface area (TPSA) is 38.8 Å². The van der Waals surface area contributed by atoms with Crippen molar-refractivity contribution in [1.82, 2.24) is 20.0 Å². The van der Waals surface area contributed by atoms with Gasteiger partial charge < -0.3 is 15.1 Å². The molecule has 2 heterocycles. The third-order valence-corrected chi connectivity index (χ3v) is 4.78. The van der Waals surface area contributed by atoms with Gasteiger partial charge in [0.05, 0.1) is 6.54 Å². The van der Waals surface area contributed by atoms with Crippen molar-refractivity contribution >= 4 is 5.91 Å². The first-order valence-corrected chi connectivity index (χ1v) is 8.58. The van der Waals surface area contributed by atoms with Crippen LogP contribution in [0.1, 0.15) is 26.2 Å². The minimum absolute atomic E-state index is 0.325. The SMILES string of the molecule is CCCNCC1CCN(CC(=O)N2CCN(C)CC2)CC1. The maximum Gasteiger partial charge on any atom is 0.236 e. The molecule has 5 nitrogen and oxygen atoms in total. The highest BCUT2D eigenvalue weighted by molar-refractivity contribution is 5.78. The molecule has 5 heteroatoms. The molecule has 2 saturated heterocycles. The van der Waals surface area contributed by atoms with Crippen LogP contribution in [0.3, 0.4) is 0 Å². The minimum atomic E-state index is 0.325. The largest absolute Gasteiger partial charge is 0.339 e. The predicted octanol–water partition coefficient (Wildman–Crippen LogP) is 0.472. The van der Waals surface area contributed by atoms with Gasteiger partial charge in [-0.15, -0.1) is 0 Å². The van der Waals surface area contributed by atoms with Crippen molar-refractivity contribution in [2.75, 3.05) is 66.0 Å². The van der Waals surface area contributed by atoms with E-state index in [9.17, 15) is 4.79 Å². The van der Waals surface area contributed by atoms with E-state index >= 15 is 0 Å². The van der Waals surface area contributed by atoms with Crippen molar-refractivity contribution in [3.63, 3.8) is 0 Å². The Kier molecular flexibility index (Phi) is 6.93. The molecule has 2 aliphatic rings. The normalized spacial score (nSPS) is 22.7. The van der Waals surface area contributed by atoms with Crippen molar-refractivity contribution in [1.29, 1.82) is 0 Å². The van der Waals surface area contributed by atoms with Crippen LogP contribution in [0.5, 0.6) is 0 Å². The summed E-state index contributed by atoms with van der Waals surface area (Å²) in [4.78, 5) is 19.0. The summed E-state index contributed by atoms with van der Waals surface area (Å²) in [5.74, 6) is 1.12. The summed E-state index contributed by atoms with van der Waals surface area (Å²) in [6.45, 7) is 11.1. The number of likely N-dealkylation sites (N-methyl/N-ethyl adjacent to an activating group) is 1. The van der Waals surface area contributed by atoms with Crippen LogP contribution in [0.4, 0.5) is 0 Å². The molecule has 0 radical (unpaired) electrons. The van der Waals surface area contributed by atoms with Crippen LogP contribution in [0, 0.1) is 5.92 Å². The highest BCUT2D eigenvalue weighted by Crippen LogP contribution is 2.16. The average molecular weight is 296 g/mol. The van der Waals surface area contributed by atoms with Gasteiger partial charge in [-0.05, 0) is 58.4 Å². The quantitative estimate of drug-likeness (QED) is 0.723. The molecule has 0 atom stereocenters. The molecule has 0 aromatic carbocycles. The Labute approximate surface area is 129 Å². The number of carbonyl (C=O) groups excluding carboxylic acids is 1. The second kappa shape index (κ2) is 8.71. The highest BCUT2D eigenvalue weighted by atomic mass is 16.2. The Bertz CT molecular complexity index is 307. The zero-order valence-electron chi connectivity index (χ0n) is 13.8. The highest BCUT2D eigenvalue weighted by Gasteiger charge is 2.24. The van der Waals surface area contributed by atoms with E-state index in [4.69, 9.17) is 0 Å². The summed E-state index contributed by atoms with van der Waals surface area (Å²) in [6.07, 6.45) is 3.66. The van der Waals surface area contributed by atoms with Gasteiger partial charge in [-0.1, -0.05) is 6.92 Å². The van der Waals surface area contributed by atoms with E-state index in [0.717, 1.165) is 58.3 Å². The second-order valence-electron chi connectivity index (χ2n) is 6.61. The maximum atomic E-state index is 12.3. The Morgan fingerprint density at radius 2 is 1.76 bits per heavy atom. The lowest BCUT2D eigenvalue weighted by Crippen LogP contribution is -2.51. The van der Waals surface area contributed by atoms with Crippen LogP contribution in [0.15, 0.2) is 0 Å².